The van der Waals surface area contributed by atoms with Crippen LogP contribution in [0.5, 0.6) is 0 Å². The molecular weight excluding hydrogens is 341 g/mol. The fraction of sp³-hybridized carbons (Fsp3) is 0.417. The number of carbonyl (C=O) groups is 1. The van der Waals surface area contributed by atoms with Gasteiger partial charge in [-0.1, -0.05) is 27.5 Å². The third-order valence-corrected chi connectivity index (χ3v) is 2.93. The van der Waals surface area contributed by atoms with Crippen LogP contribution in [0, 0.1) is 0 Å². The topological polar surface area (TPSA) is 38.3 Å². The summed E-state index contributed by atoms with van der Waals surface area (Å²) in [6, 6.07) is 5.09. The molecule has 0 aliphatic rings. The zero-order valence-corrected chi connectivity index (χ0v) is 12.8. The fourth-order valence-corrected chi connectivity index (χ4v) is 2.29. The SMILES string of the molecule is O=C(NCCCOCCCl)c1cc(Cl)cc(Br)c1. The molecule has 0 aromatic heterocycles. The summed E-state index contributed by atoms with van der Waals surface area (Å²) in [7, 11) is 0. The van der Waals surface area contributed by atoms with Gasteiger partial charge >= 0.3 is 0 Å². The zero-order valence-electron chi connectivity index (χ0n) is 9.72. The van der Waals surface area contributed by atoms with Crippen molar-refractivity contribution in [2.24, 2.45) is 0 Å². The lowest BCUT2D eigenvalue weighted by atomic mass is 10.2. The standard InChI is InChI=1S/C12H14BrCl2NO2/c13-10-6-9(7-11(15)8-10)12(17)16-3-1-4-18-5-2-14/h6-8H,1-5H2,(H,16,17). The summed E-state index contributed by atoms with van der Waals surface area (Å²) in [5.74, 6) is 0.346. The largest absolute Gasteiger partial charge is 0.380 e. The molecule has 0 radical (unpaired) electrons. The molecule has 0 bridgehead atoms. The van der Waals surface area contributed by atoms with Crippen molar-refractivity contribution in [1.29, 1.82) is 0 Å². The van der Waals surface area contributed by atoms with E-state index in [9.17, 15) is 4.79 Å². The monoisotopic (exact) mass is 353 g/mol. The van der Waals surface area contributed by atoms with Crippen LogP contribution in [0.4, 0.5) is 0 Å². The van der Waals surface area contributed by atoms with Crippen LogP contribution in [0.3, 0.4) is 0 Å². The van der Waals surface area contributed by atoms with E-state index in [2.05, 4.69) is 21.2 Å². The van der Waals surface area contributed by atoms with Crippen molar-refractivity contribution in [3.63, 3.8) is 0 Å². The highest BCUT2D eigenvalue weighted by Gasteiger charge is 2.06. The van der Waals surface area contributed by atoms with Gasteiger partial charge in [-0.25, -0.2) is 0 Å². The Bertz CT molecular complexity index is 381. The second-order valence-corrected chi connectivity index (χ2v) is 5.30. The van der Waals surface area contributed by atoms with Gasteiger partial charge in [0, 0.05) is 34.1 Å². The van der Waals surface area contributed by atoms with Gasteiger partial charge in [0.2, 0.25) is 0 Å². The van der Waals surface area contributed by atoms with Gasteiger partial charge in [-0.15, -0.1) is 11.6 Å². The fourth-order valence-electron chi connectivity index (χ4n) is 1.32. The number of benzene rings is 1. The number of hydrogen-bond acceptors (Lipinski definition) is 2. The highest BCUT2D eigenvalue weighted by atomic mass is 79.9. The van der Waals surface area contributed by atoms with Gasteiger partial charge in [0.25, 0.3) is 5.91 Å². The van der Waals surface area contributed by atoms with E-state index in [1.807, 2.05) is 0 Å². The molecule has 0 unspecified atom stereocenters. The van der Waals surface area contributed by atoms with E-state index in [0.29, 0.717) is 36.2 Å². The van der Waals surface area contributed by atoms with Gasteiger partial charge in [-0.3, -0.25) is 4.79 Å². The molecule has 0 saturated carbocycles. The molecule has 0 saturated heterocycles. The molecule has 100 valence electrons. The van der Waals surface area contributed by atoms with E-state index in [-0.39, 0.29) is 5.91 Å². The zero-order chi connectivity index (χ0) is 13.4. The molecule has 0 spiro atoms. The van der Waals surface area contributed by atoms with Crippen molar-refractivity contribution >= 4 is 45.0 Å². The summed E-state index contributed by atoms with van der Waals surface area (Å²) in [5, 5.41) is 3.33. The van der Waals surface area contributed by atoms with Crippen LogP contribution in [-0.4, -0.2) is 31.5 Å². The van der Waals surface area contributed by atoms with E-state index in [0.717, 1.165) is 10.9 Å². The van der Waals surface area contributed by atoms with Crippen molar-refractivity contribution in [3.8, 4) is 0 Å². The van der Waals surface area contributed by atoms with Gasteiger partial charge < -0.3 is 10.1 Å². The second-order valence-electron chi connectivity index (χ2n) is 3.57. The maximum Gasteiger partial charge on any atom is 0.251 e. The number of rotatable bonds is 7. The number of hydrogen-bond donors (Lipinski definition) is 1. The van der Waals surface area contributed by atoms with E-state index in [4.69, 9.17) is 27.9 Å². The first-order valence-corrected chi connectivity index (χ1v) is 7.22. The van der Waals surface area contributed by atoms with Crippen LogP contribution in [0.2, 0.25) is 5.02 Å². The molecule has 1 amide bonds. The van der Waals surface area contributed by atoms with Gasteiger partial charge in [-0.05, 0) is 24.6 Å². The number of carbonyl (C=O) groups excluding carboxylic acids is 1. The lowest BCUT2D eigenvalue weighted by molar-refractivity contribution is 0.0944. The number of amides is 1. The van der Waals surface area contributed by atoms with Crippen LogP contribution in [-0.2, 0) is 4.74 Å². The summed E-state index contributed by atoms with van der Waals surface area (Å²) in [4.78, 5) is 11.8. The summed E-state index contributed by atoms with van der Waals surface area (Å²) in [6.07, 6.45) is 0.754. The third kappa shape index (κ3) is 6.05. The van der Waals surface area contributed by atoms with Crippen molar-refractivity contribution in [1.82, 2.24) is 5.32 Å². The lowest BCUT2D eigenvalue weighted by Gasteiger charge is -2.06. The summed E-state index contributed by atoms with van der Waals surface area (Å²) < 4.78 is 5.98. The normalized spacial score (nSPS) is 10.4. The van der Waals surface area contributed by atoms with Gasteiger partial charge in [0.15, 0.2) is 0 Å². The number of halogens is 3. The van der Waals surface area contributed by atoms with Crippen LogP contribution >= 0.6 is 39.1 Å². The molecule has 0 atom stereocenters. The first-order chi connectivity index (χ1) is 8.63. The summed E-state index contributed by atoms with van der Waals surface area (Å²) in [5.41, 5.74) is 0.538. The maximum atomic E-state index is 11.8. The highest BCUT2D eigenvalue weighted by molar-refractivity contribution is 9.10. The van der Waals surface area contributed by atoms with Crippen molar-refractivity contribution in [3.05, 3.63) is 33.3 Å². The molecule has 0 aliphatic heterocycles. The van der Waals surface area contributed by atoms with Crippen molar-refractivity contribution < 1.29 is 9.53 Å². The summed E-state index contributed by atoms with van der Waals surface area (Å²) >= 11 is 14.6. The van der Waals surface area contributed by atoms with E-state index in [1.165, 1.54) is 0 Å². The van der Waals surface area contributed by atoms with Gasteiger partial charge in [0.1, 0.15) is 0 Å². The first kappa shape index (κ1) is 15.8. The van der Waals surface area contributed by atoms with Gasteiger partial charge in [-0.2, -0.15) is 0 Å². The van der Waals surface area contributed by atoms with Crippen LogP contribution < -0.4 is 5.32 Å². The predicted molar refractivity (Wildman–Crippen MR) is 77.6 cm³/mol. The third-order valence-electron chi connectivity index (χ3n) is 2.10. The predicted octanol–water partition coefficient (Wildman–Crippen LogP) is 3.48. The first-order valence-electron chi connectivity index (χ1n) is 5.51. The molecule has 1 aromatic carbocycles. The molecular formula is C12H14BrCl2NO2. The minimum atomic E-state index is -0.143. The quantitative estimate of drug-likeness (QED) is 0.601. The van der Waals surface area contributed by atoms with Crippen molar-refractivity contribution in [2.75, 3.05) is 25.6 Å². The van der Waals surface area contributed by atoms with Crippen LogP contribution in [0.25, 0.3) is 0 Å². The molecule has 0 heterocycles. The summed E-state index contributed by atoms with van der Waals surface area (Å²) in [6.45, 7) is 1.69. The van der Waals surface area contributed by atoms with E-state index >= 15 is 0 Å². The Morgan fingerprint density at radius 1 is 1.33 bits per heavy atom. The average Bonchev–Trinajstić information content (AvgIpc) is 2.32. The molecule has 0 aliphatic carbocycles. The molecule has 1 aromatic rings. The minimum absolute atomic E-state index is 0.143. The highest BCUT2D eigenvalue weighted by Crippen LogP contribution is 2.19. The Balaban J connectivity index is 2.32. The molecule has 18 heavy (non-hydrogen) atoms. The van der Waals surface area contributed by atoms with Crippen molar-refractivity contribution in [2.45, 2.75) is 6.42 Å². The van der Waals surface area contributed by atoms with E-state index in [1.54, 1.807) is 18.2 Å². The number of nitrogens with one attached hydrogen (secondary N) is 1. The molecule has 3 nitrogen and oxygen atoms in total. The molecule has 1 rings (SSSR count). The Morgan fingerprint density at radius 2 is 2.11 bits per heavy atom. The van der Waals surface area contributed by atoms with E-state index < -0.39 is 0 Å². The Labute approximate surface area is 125 Å². The molecule has 1 N–H and O–H groups in total. The maximum absolute atomic E-state index is 11.8. The van der Waals surface area contributed by atoms with Crippen LogP contribution in [0.1, 0.15) is 16.8 Å². The smallest absolute Gasteiger partial charge is 0.251 e. The molecule has 6 heteroatoms. The molecule has 0 fully saturated rings. The second kappa shape index (κ2) is 8.75. The van der Waals surface area contributed by atoms with Gasteiger partial charge in [0.05, 0.1) is 6.61 Å². The Hall–Kier alpha value is -0.290. The Kier molecular flexibility index (Phi) is 7.66. The Morgan fingerprint density at radius 3 is 2.78 bits per heavy atom. The minimum Gasteiger partial charge on any atom is -0.380 e. The van der Waals surface area contributed by atoms with Crippen LogP contribution in [0.15, 0.2) is 22.7 Å². The number of ether oxygens (including phenoxy) is 1. The number of alkyl halides is 1. The average molecular weight is 355 g/mol. The lowest BCUT2D eigenvalue weighted by Crippen LogP contribution is -2.25.